The summed E-state index contributed by atoms with van der Waals surface area (Å²) in [5.41, 5.74) is 8.20. The smallest absolute Gasteiger partial charge is 0.248 e. The number of rotatable bonds is 0. The minimum atomic E-state index is -0.0961. The van der Waals surface area contributed by atoms with E-state index in [1.54, 1.807) is 6.07 Å². The predicted octanol–water partition coefficient (Wildman–Crippen LogP) is 0.594. The molecule has 0 saturated heterocycles. The molecule has 0 spiro atoms. The fourth-order valence-corrected chi connectivity index (χ4v) is 1.41. The van der Waals surface area contributed by atoms with Crippen LogP contribution >= 0.6 is 0 Å². The van der Waals surface area contributed by atoms with Crippen LogP contribution in [-0.4, -0.2) is 10.5 Å². The van der Waals surface area contributed by atoms with E-state index < -0.39 is 0 Å². The van der Waals surface area contributed by atoms with Crippen molar-refractivity contribution in [1.82, 2.24) is 4.98 Å². The first kappa shape index (κ1) is 10.3. The summed E-state index contributed by atoms with van der Waals surface area (Å²) >= 11 is 0. The Bertz CT molecular complexity index is 517. The number of fused-ring (bicyclic) bond motifs is 1. The van der Waals surface area contributed by atoms with Crippen LogP contribution in [0, 0.1) is 6.92 Å². The average molecular weight is 192 g/mol. The van der Waals surface area contributed by atoms with Crippen LogP contribution < -0.4 is 11.3 Å². The van der Waals surface area contributed by atoms with Crippen LogP contribution in [-0.2, 0) is 0 Å². The Kier molecular flexibility index (Phi) is 2.58. The monoisotopic (exact) mass is 192 g/mol. The molecule has 1 heterocycles. The van der Waals surface area contributed by atoms with Gasteiger partial charge in [0.1, 0.15) is 0 Å². The number of benzene rings is 1. The number of pyridine rings is 1. The Morgan fingerprint density at radius 3 is 2.64 bits per heavy atom. The van der Waals surface area contributed by atoms with Gasteiger partial charge in [0.2, 0.25) is 5.56 Å². The quantitative estimate of drug-likeness (QED) is 0.598. The minimum absolute atomic E-state index is 0. The van der Waals surface area contributed by atoms with Crippen LogP contribution in [0.2, 0.25) is 0 Å². The number of nitrogens with two attached hydrogens (primary N) is 1. The lowest BCUT2D eigenvalue weighted by molar-refractivity contribution is 0.824. The second-order valence-electron chi connectivity index (χ2n) is 3.08. The van der Waals surface area contributed by atoms with E-state index in [1.807, 2.05) is 19.1 Å². The topological polar surface area (TPSA) is 90.4 Å². The summed E-state index contributed by atoms with van der Waals surface area (Å²) in [5, 5.41) is 0.902. The van der Waals surface area contributed by atoms with E-state index in [1.165, 1.54) is 6.07 Å². The molecule has 14 heavy (non-hydrogen) atoms. The summed E-state index contributed by atoms with van der Waals surface area (Å²) < 4.78 is 0. The highest BCUT2D eigenvalue weighted by Crippen LogP contribution is 2.20. The fourth-order valence-electron chi connectivity index (χ4n) is 1.41. The zero-order chi connectivity index (χ0) is 9.42. The zero-order valence-electron chi connectivity index (χ0n) is 7.79. The molecule has 0 atom stereocenters. The first-order valence-electron chi connectivity index (χ1n) is 4.06. The molecule has 0 aliphatic heterocycles. The highest BCUT2D eigenvalue weighted by atomic mass is 16.1. The lowest BCUT2D eigenvalue weighted by Crippen LogP contribution is -2.04. The standard InChI is InChI=1S/C10H10N2O.H2O/c1-6-2-4-8(11)7-3-5-9(13)12-10(6)7;/h2-5H,11H2,1H3,(H,12,13);1H2. The molecule has 0 bridgehead atoms. The van der Waals surface area contributed by atoms with Crippen LogP contribution in [0.4, 0.5) is 5.69 Å². The number of aromatic nitrogens is 1. The van der Waals surface area contributed by atoms with E-state index >= 15 is 0 Å². The molecular weight excluding hydrogens is 180 g/mol. The van der Waals surface area contributed by atoms with Crippen molar-refractivity contribution in [3.8, 4) is 0 Å². The zero-order valence-corrected chi connectivity index (χ0v) is 7.79. The van der Waals surface area contributed by atoms with Gasteiger partial charge in [0.25, 0.3) is 0 Å². The summed E-state index contributed by atoms with van der Waals surface area (Å²) in [4.78, 5) is 13.8. The molecule has 2 aromatic rings. The van der Waals surface area contributed by atoms with Gasteiger partial charge in [-0.2, -0.15) is 0 Å². The molecule has 1 aromatic carbocycles. The summed E-state index contributed by atoms with van der Waals surface area (Å²) in [6.07, 6.45) is 0. The van der Waals surface area contributed by atoms with Crippen molar-refractivity contribution >= 4 is 16.6 Å². The molecule has 5 N–H and O–H groups in total. The van der Waals surface area contributed by atoms with Crippen molar-refractivity contribution in [2.75, 3.05) is 5.73 Å². The third-order valence-electron chi connectivity index (χ3n) is 2.14. The Balaban J connectivity index is 0.000000980. The maximum absolute atomic E-state index is 11.1. The van der Waals surface area contributed by atoms with Crippen LogP contribution in [0.25, 0.3) is 10.9 Å². The highest BCUT2D eigenvalue weighted by molar-refractivity contribution is 5.91. The SMILES string of the molecule is Cc1ccc(N)c2ccc(=O)[nH]c12.O. The Labute approximate surface area is 80.7 Å². The number of aryl methyl sites for hydroxylation is 1. The van der Waals surface area contributed by atoms with Gasteiger partial charge >= 0.3 is 0 Å². The molecule has 1 aromatic heterocycles. The lowest BCUT2D eigenvalue weighted by atomic mass is 10.1. The van der Waals surface area contributed by atoms with E-state index in [2.05, 4.69) is 4.98 Å². The van der Waals surface area contributed by atoms with Gasteiger partial charge in [-0.15, -0.1) is 0 Å². The number of nitrogens with one attached hydrogen (secondary N) is 1. The third-order valence-corrected chi connectivity index (χ3v) is 2.14. The molecule has 74 valence electrons. The van der Waals surface area contributed by atoms with Gasteiger partial charge in [0.15, 0.2) is 0 Å². The van der Waals surface area contributed by atoms with E-state index in [0.29, 0.717) is 5.69 Å². The fraction of sp³-hybridized carbons (Fsp3) is 0.100. The number of anilines is 1. The molecule has 0 amide bonds. The molecule has 0 unspecified atom stereocenters. The van der Waals surface area contributed by atoms with Gasteiger partial charge in [-0.25, -0.2) is 0 Å². The molecular formula is C10H12N2O2. The minimum Gasteiger partial charge on any atom is -0.412 e. The van der Waals surface area contributed by atoms with Gasteiger partial charge in [0, 0.05) is 17.1 Å². The van der Waals surface area contributed by atoms with Gasteiger partial charge in [-0.05, 0) is 24.6 Å². The van der Waals surface area contributed by atoms with Crippen molar-refractivity contribution in [3.63, 3.8) is 0 Å². The van der Waals surface area contributed by atoms with Crippen LogP contribution in [0.5, 0.6) is 0 Å². The lowest BCUT2D eigenvalue weighted by Gasteiger charge is -2.03. The maximum Gasteiger partial charge on any atom is 0.248 e. The summed E-state index contributed by atoms with van der Waals surface area (Å²) in [6, 6.07) is 6.97. The molecule has 4 nitrogen and oxygen atoms in total. The van der Waals surface area contributed by atoms with Gasteiger partial charge in [0.05, 0.1) is 5.52 Å². The molecule has 0 fully saturated rings. The summed E-state index contributed by atoms with van der Waals surface area (Å²) in [6.45, 7) is 1.94. The maximum atomic E-state index is 11.1. The molecule has 4 heteroatoms. The highest BCUT2D eigenvalue weighted by Gasteiger charge is 2.00. The van der Waals surface area contributed by atoms with Crippen molar-refractivity contribution in [1.29, 1.82) is 0 Å². The average Bonchev–Trinajstić information content (AvgIpc) is 2.12. The molecule has 0 radical (unpaired) electrons. The van der Waals surface area contributed by atoms with Gasteiger partial charge < -0.3 is 16.2 Å². The summed E-state index contributed by atoms with van der Waals surface area (Å²) in [5.74, 6) is 0. The number of H-pyrrole nitrogens is 1. The van der Waals surface area contributed by atoms with E-state index in [-0.39, 0.29) is 11.0 Å². The van der Waals surface area contributed by atoms with Gasteiger partial charge in [-0.3, -0.25) is 4.79 Å². The number of hydrogen-bond donors (Lipinski definition) is 2. The first-order valence-corrected chi connectivity index (χ1v) is 4.06. The van der Waals surface area contributed by atoms with Crippen molar-refractivity contribution in [2.45, 2.75) is 6.92 Å². The summed E-state index contributed by atoms with van der Waals surface area (Å²) in [7, 11) is 0. The van der Waals surface area contributed by atoms with Crippen LogP contribution in [0.1, 0.15) is 5.56 Å². The Hall–Kier alpha value is -1.81. The Morgan fingerprint density at radius 2 is 1.93 bits per heavy atom. The molecule has 0 aliphatic rings. The predicted molar refractivity (Wildman–Crippen MR) is 57.3 cm³/mol. The largest absolute Gasteiger partial charge is 0.412 e. The van der Waals surface area contributed by atoms with Gasteiger partial charge in [-0.1, -0.05) is 6.07 Å². The second-order valence-corrected chi connectivity index (χ2v) is 3.08. The molecule has 0 aliphatic carbocycles. The van der Waals surface area contributed by atoms with E-state index in [4.69, 9.17) is 5.73 Å². The number of nitrogen functional groups attached to an aromatic ring is 1. The number of aromatic amines is 1. The van der Waals surface area contributed by atoms with E-state index in [9.17, 15) is 4.79 Å². The van der Waals surface area contributed by atoms with Crippen molar-refractivity contribution in [3.05, 3.63) is 40.2 Å². The third kappa shape index (κ3) is 1.47. The first-order chi connectivity index (χ1) is 6.18. The van der Waals surface area contributed by atoms with Crippen molar-refractivity contribution in [2.24, 2.45) is 0 Å². The molecule has 2 rings (SSSR count). The number of hydrogen-bond acceptors (Lipinski definition) is 2. The second kappa shape index (κ2) is 3.51. The van der Waals surface area contributed by atoms with Crippen LogP contribution in [0.15, 0.2) is 29.1 Å². The van der Waals surface area contributed by atoms with E-state index in [0.717, 1.165) is 16.5 Å². The molecule has 0 saturated carbocycles. The van der Waals surface area contributed by atoms with Crippen LogP contribution in [0.3, 0.4) is 0 Å². The van der Waals surface area contributed by atoms with Crippen molar-refractivity contribution < 1.29 is 5.48 Å². The Morgan fingerprint density at radius 1 is 1.21 bits per heavy atom. The normalized spacial score (nSPS) is 9.79.